The van der Waals surface area contributed by atoms with E-state index in [0.29, 0.717) is 5.56 Å². The van der Waals surface area contributed by atoms with Gasteiger partial charge in [0.1, 0.15) is 0 Å². The minimum absolute atomic E-state index is 0.0462. The van der Waals surface area contributed by atoms with Crippen molar-refractivity contribution in [3.05, 3.63) is 41.5 Å². The Morgan fingerprint density at radius 3 is 2.00 bits per heavy atom. The van der Waals surface area contributed by atoms with Crippen molar-refractivity contribution < 1.29 is 30.0 Å². The number of hydrogen-bond donors (Lipinski definition) is 4. The second-order valence-corrected chi connectivity index (χ2v) is 3.06. The molecule has 98 valence electrons. The van der Waals surface area contributed by atoms with Gasteiger partial charge in [-0.05, 0) is 23.8 Å². The van der Waals surface area contributed by atoms with Crippen LogP contribution in [-0.4, -0.2) is 45.6 Å². The first-order valence-corrected chi connectivity index (χ1v) is 4.92. The zero-order chi connectivity index (χ0) is 14.1. The number of aliphatic hydroxyl groups is 2. The molecule has 0 aliphatic rings. The van der Waals surface area contributed by atoms with Crippen LogP contribution in [0.5, 0.6) is 0 Å². The van der Waals surface area contributed by atoms with Crippen molar-refractivity contribution >= 4 is 18.0 Å². The van der Waals surface area contributed by atoms with Crippen LogP contribution >= 0.6 is 0 Å². The summed E-state index contributed by atoms with van der Waals surface area (Å²) in [4.78, 5) is 21.2. The van der Waals surface area contributed by atoms with E-state index in [-0.39, 0.29) is 24.3 Å². The summed E-state index contributed by atoms with van der Waals surface area (Å²) in [5, 5.41) is 32.6. The van der Waals surface area contributed by atoms with Crippen molar-refractivity contribution in [3.8, 4) is 0 Å². The van der Waals surface area contributed by atoms with Gasteiger partial charge >= 0.3 is 11.9 Å². The SMILES string of the molecule is C=Cc1cc(C(=O)O)ccc1C(=O)O.OCCO. The van der Waals surface area contributed by atoms with Crippen LogP contribution < -0.4 is 0 Å². The Hall–Kier alpha value is -2.18. The highest BCUT2D eigenvalue weighted by Crippen LogP contribution is 2.13. The molecular formula is C12H14O6. The Labute approximate surface area is 103 Å². The Morgan fingerprint density at radius 2 is 1.67 bits per heavy atom. The van der Waals surface area contributed by atoms with Gasteiger partial charge in [0.05, 0.1) is 24.3 Å². The van der Waals surface area contributed by atoms with Crippen LogP contribution in [0.2, 0.25) is 0 Å². The minimum Gasteiger partial charge on any atom is -0.478 e. The van der Waals surface area contributed by atoms with E-state index in [0.717, 1.165) is 0 Å². The molecule has 0 amide bonds. The molecule has 6 nitrogen and oxygen atoms in total. The van der Waals surface area contributed by atoms with Crippen molar-refractivity contribution in [1.82, 2.24) is 0 Å². The summed E-state index contributed by atoms with van der Waals surface area (Å²) in [5.74, 6) is -2.19. The first kappa shape index (κ1) is 15.8. The highest BCUT2D eigenvalue weighted by Gasteiger charge is 2.10. The molecule has 0 heterocycles. The highest BCUT2D eigenvalue weighted by atomic mass is 16.4. The van der Waals surface area contributed by atoms with Crippen molar-refractivity contribution in [2.24, 2.45) is 0 Å². The van der Waals surface area contributed by atoms with Gasteiger partial charge in [-0.2, -0.15) is 0 Å². The fraction of sp³-hybridized carbons (Fsp3) is 0.167. The second kappa shape index (κ2) is 7.99. The maximum atomic E-state index is 10.7. The fourth-order valence-electron chi connectivity index (χ4n) is 1.06. The number of carbonyl (C=O) groups is 2. The van der Waals surface area contributed by atoms with Gasteiger partial charge in [0.15, 0.2) is 0 Å². The van der Waals surface area contributed by atoms with Crippen LogP contribution in [0.25, 0.3) is 6.08 Å². The standard InChI is InChI=1S/C10H8O4.C2H6O2/c1-2-6-5-7(9(11)12)3-4-8(6)10(13)14;3-1-2-4/h2-5H,1H2,(H,11,12)(H,13,14);3-4H,1-2H2. The third-order valence-electron chi connectivity index (χ3n) is 1.85. The lowest BCUT2D eigenvalue weighted by atomic mass is 10.0. The van der Waals surface area contributed by atoms with Crippen molar-refractivity contribution in [2.75, 3.05) is 13.2 Å². The van der Waals surface area contributed by atoms with Gasteiger partial charge in [0.2, 0.25) is 0 Å². The molecule has 1 aromatic rings. The van der Waals surface area contributed by atoms with E-state index < -0.39 is 11.9 Å². The molecule has 6 heteroatoms. The first-order valence-electron chi connectivity index (χ1n) is 4.92. The molecule has 0 unspecified atom stereocenters. The molecule has 0 aromatic heterocycles. The van der Waals surface area contributed by atoms with E-state index in [2.05, 4.69) is 6.58 Å². The lowest BCUT2D eigenvalue weighted by Gasteiger charge is -2.01. The van der Waals surface area contributed by atoms with Gasteiger partial charge in [-0.3, -0.25) is 0 Å². The normalized spacial score (nSPS) is 9.00. The number of aromatic carboxylic acids is 2. The molecule has 4 N–H and O–H groups in total. The number of aliphatic hydroxyl groups excluding tert-OH is 2. The zero-order valence-corrected chi connectivity index (χ0v) is 9.54. The molecule has 0 aliphatic carbocycles. The van der Waals surface area contributed by atoms with Crippen LogP contribution in [0.1, 0.15) is 26.3 Å². The third-order valence-corrected chi connectivity index (χ3v) is 1.85. The molecule has 1 aromatic carbocycles. The lowest BCUT2D eigenvalue weighted by molar-refractivity contribution is 0.0681. The quantitative estimate of drug-likeness (QED) is 0.628. The van der Waals surface area contributed by atoms with Crippen LogP contribution in [0, 0.1) is 0 Å². The summed E-state index contributed by atoms with van der Waals surface area (Å²) in [6.07, 6.45) is 1.32. The molecule has 0 saturated carbocycles. The van der Waals surface area contributed by atoms with E-state index in [4.69, 9.17) is 20.4 Å². The smallest absolute Gasteiger partial charge is 0.336 e. The van der Waals surface area contributed by atoms with Crippen LogP contribution in [0.4, 0.5) is 0 Å². The molecule has 0 aliphatic heterocycles. The lowest BCUT2D eigenvalue weighted by Crippen LogP contribution is -2.03. The molecule has 0 spiro atoms. The number of carboxylic acid groups (broad SMARTS) is 2. The molecule has 0 fully saturated rings. The average molecular weight is 254 g/mol. The topological polar surface area (TPSA) is 115 Å². The molecule has 1 rings (SSSR count). The number of benzene rings is 1. The monoisotopic (exact) mass is 254 g/mol. The Morgan fingerprint density at radius 1 is 1.11 bits per heavy atom. The van der Waals surface area contributed by atoms with E-state index in [9.17, 15) is 9.59 Å². The first-order chi connectivity index (χ1) is 8.47. The largest absolute Gasteiger partial charge is 0.478 e. The summed E-state index contributed by atoms with van der Waals surface area (Å²) < 4.78 is 0. The third kappa shape index (κ3) is 4.77. The maximum Gasteiger partial charge on any atom is 0.336 e. The van der Waals surface area contributed by atoms with Crippen LogP contribution in [0.15, 0.2) is 24.8 Å². The molecular weight excluding hydrogens is 240 g/mol. The van der Waals surface area contributed by atoms with Gasteiger partial charge < -0.3 is 20.4 Å². The molecule has 0 bridgehead atoms. The van der Waals surface area contributed by atoms with Crippen LogP contribution in [-0.2, 0) is 0 Å². The van der Waals surface area contributed by atoms with Gasteiger partial charge in [-0.15, -0.1) is 0 Å². The number of carboxylic acids is 2. The van der Waals surface area contributed by atoms with Gasteiger partial charge in [0, 0.05) is 0 Å². The van der Waals surface area contributed by atoms with Gasteiger partial charge in [-0.1, -0.05) is 12.7 Å². The van der Waals surface area contributed by atoms with E-state index >= 15 is 0 Å². The van der Waals surface area contributed by atoms with Crippen LogP contribution in [0.3, 0.4) is 0 Å². The van der Waals surface area contributed by atoms with E-state index in [1.807, 2.05) is 0 Å². The van der Waals surface area contributed by atoms with Gasteiger partial charge in [0.25, 0.3) is 0 Å². The minimum atomic E-state index is -1.10. The van der Waals surface area contributed by atoms with Crippen molar-refractivity contribution in [1.29, 1.82) is 0 Å². The summed E-state index contributed by atoms with van der Waals surface area (Å²) in [7, 11) is 0. The predicted octanol–water partition coefficient (Wildman–Crippen LogP) is 0.697. The summed E-state index contributed by atoms with van der Waals surface area (Å²) in [6, 6.07) is 3.78. The van der Waals surface area contributed by atoms with E-state index in [1.165, 1.54) is 24.3 Å². The number of rotatable bonds is 4. The Balaban J connectivity index is 0.000000631. The summed E-state index contributed by atoms with van der Waals surface area (Å²) in [5.41, 5.74) is 0.396. The predicted molar refractivity (Wildman–Crippen MR) is 64.6 cm³/mol. The average Bonchev–Trinajstić information content (AvgIpc) is 2.37. The zero-order valence-electron chi connectivity index (χ0n) is 9.54. The molecule has 0 radical (unpaired) electrons. The highest BCUT2D eigenvalue weighted by molar-refractivity contribution is 5.95. The molecule has 18 heavy (non-hydrogen) atoms. The Kier molecular flexibility index (Phi) is 7.02. The summed E-state index contributed by atoms with van der Waals surface area (Å²) >= 11 is 0. The summed E-state index contributed by atoms with van der Waals surface area (Å²) in [6.45, 7) is 3.17. The number of hydrogen-bond acceptors (Lipinski definition) is 4. The van der Waals surface area contributed by atoms with Gasteiger partial charge in [-0.25, -0.2) is 9.59 Å². The second-order valence-electron chi connectivity index (χ2n) is 3.06. The fourth-order valence-corrected chi connectivity index (χ4v) is 1.06. The maximum absolute atomic E-state index is 10.7. The van der Waals surface area contributed by atoms with Crippen molar-refractivity contribution in [2.45, 2.75) is 0 Å². The Bertz CT molecular complexity index is 436. The molecule has 0 atom stereocenters. The van der Waals surface area contributed by atoms with Crippen molar-refractivity contribution in [3.63, 3.8) is 0 Å². The van der Waals surface area contributed by atoms with E-state index in [1.54, 1.807) is 0 Å². The molecule has 0 saturated heterocycles.